The van der Waals surface area contributed by atoms with Crippen molar-refractivity contribution in [3.8, 4) is 0 Å². The van der Waals surface area contributed by atoms with Gasteiger partial charge in [-0.1, -0.05) is 52.4 Å². The molecular weight excluding hydrogens is 280 g/mol. The van der Waals surface area contributed by atoms with Crippen LogP contribution < -0.4 is 0 Å². The van der Waals surface area contributed by atoms with Crippen LogP contribution in [0.25, 0.3) is 0 Å². The van der Waals surface area contributed by atoms with Gasteiger partial charge in [0.05, 0.1) is 13.2 Å². The predicted octanol–water partition coefficient (Wildman–Crippen LogP) is 4.52. The van der Waals surface area contributed by atoms with Crippen LogP contribution in [0.1, 0.15) is 72.6 Å². The minimum atomic E-state index is -0.904. The van der Waals surface area contributed by atoms with Crippen molar-refractivity contribution in [2.75, 3.05) is 26.4 Å². The van der Waals surface area contributed by atoms with E-state index < -0.39 is 5.97 Å². The Morgan fingerprint density at radius 2 is 1.55 bits per heavy atom. The fourth-order valence-electron chi connectivity index (χ4n) is 2.74. The summed E-state index contributed by atoms with van der Waals surface area (Å²) >= 11 is 0. The third-order valence-corrected chi connectivity index (χ3v) is 4.16. The van der Waals surface area contributed by atoms with E-state index >= 15 is 0 Å². The van der Waals surface area contributed by atoms with Crippen molar-refractivity contribution in [1.29, 1.82) is 0 Å². The second kappa shape index (κ2) is 11.4. The third kappa shape index (κ3) is 7.40. The molecule has 132 valence electrons. The molecule has 0 amide bonds. The number of hydrogen-bond donors (Lipinski definition) is 0. The number of hydrogen-bond acceptors (Lipinski definition) is 4. The molecule has 0 aliphatic carbocycles. The van der Waals surface area contributed by atoms with E-state index in [2.05, 4.69) is 13.8 Å². The number of unbranched alkanes of at least 4 members (excludes halogenated alkanes) is 5. The molecule has 2 unspecified atom stereocenters. The Morgan fingerprint density at radius 1 is 0.955 bits per heavy atom. The lowest BCUT2D eigenvalue weighted by Crippen LogP contribution is -2.46. The Labute approximate surface area is 136 Å². The van der Waals surface area contributed by atoms with E-state index in [1.165, 1.54) is 38.5 Å². The molecule has 1 rings (SSSR count). The third-order valence-electron chi connectivity index (χ3n) is 4.16. The molecule has 0 spiro atoms. The zero-order valence-corrected chi connectivity index (χ0v) is 15.1. The summed E-state index contributed by atoms with van der Waals surface area (Å²) in [5.41, 5.74) is 0. The maximum absolute atomic E-state index is 6.02. The predicted molar refractivity (Wildman–Crippen MR) is 88.8 cm³/mol. The Morgan fingerprint density at radius 3 is 2.09 bits per heavy atom. The van der Waals surface area contributed by atoms with Crippen LogP contribution >= 0.6 is 0 Å². The molecule has 4 nitrogen and oxygen atoms in total. The van der Waals surface area contributed by atoms with Gasteiger partial charge in [0.15, 0.2) is 0 Å². The van der Waals surface area contributed by atoms with Gasteiger partial charge in [0.25, 0.3) is 5.97 Å². The summed E-state index contributed by atoms with van der Waals surface area (Å²) < 4.78 is 23.1. The highest BCUT2D eigenvalue weighted by Gasteiger charge is 2.41. The smallest absolute Gasteiger partial charge is 0.285 e. The van der Waals surface area contributed by atoms with Crippen LogP contribution in [0.3, 0.4) is 0 Å². The minimum Gasteiger partial charge on any atom is -0.371 e. The molecule has 0 N–H and O–H groups in total. The molecule has 1 saturated heterocycles. The molecule has 1 aliphatic heterocycles. The van der Waals surface area contributed by atoms with Gasteiger partial charge in [0.1, 0.15) is 6.10 Å². The van der Waals surface area contributed by atoms with Crippen molar-refractivity contribution in [3.63, 3.8) is 0 Å². The normalized spacial score (nSPS) is 19.4. The lowest BCUT2D eigenvalue weighted by Gasteiger charge is -2.37. The first kappa shape index (κ1) is 19.9. The highest BCUT2D eigenvalue weighted by Crippen LogP contribution is 2.31. The maximum atomic E-state index is 6.02. The zero-order chi connectivity index (χ0) is 16.3. The van der Waals surface area contributed by atoms with Gasteiger partial charge in [-0.2, -0.15) is 0 Å². The molecule has 0 radical (unpaired) electrons. The van der Waals surface area contributed by atoms with Crippen molar-refractivity contribution in [2.24, 2.45) is 5.92 Å². The van der Waals surface area contributed by atoms with Gasteiger partial charge in [-0.25, -0.2) is 0 Å². The van der Waals surface area contributed by atoms with E-state index in [1.807, 2.05) is 13.8 Å². The monoisotopic (exact) mass is 316 g/mol. The first-order chi connectivity index (χ1) is 10.7. The van der Waals surface area contributed by atoms with Crippen molar-refractivity contribution in [3.05, 3.63) is 0 Å². The average molecular weight is 316 g/mol. The molecule has 0 aromatic rings. The van der Waals surface area contributed by atoms with Gasteiger partial charge in [-0.15, -0.1) is 0 Å². The lowest BCUT2D eigenvalue weighted by molar-refractivity contribution is -0.402. The van der Waals surface area contributed by atoms with Gasteiger partial charge in [-0.3, -0.25) is 0 Å². The number of rotatable bonds is 15. The maximum Gasteiger partial charge on any atom is 0.285 e. The standard InChI is InChI=1S/C18H36O4/c1-5-8-9-10-11-12-13-16(4)18(20-6-2,21-7-3)22-15-17-14-19-17/h16-17H,5-15H2,1-4H3. The molecule has 0 aromatic carbocycles. The molecule has 2 atom stereocenters. The molecule has 1 fully saturated rings. The van der Waals surface area contributed by atoms with Crippen LogP contribution in [0.15, 0.2) is 0 Å². The van der Waals surface area contributed by atoms with Crippen molar-refractivity contribution < 1.29 is 18.9 Å². The van der Waals surface area contributed by atoms with E-state index in [-0.39, 0.29) is 12.0 Å². The van der Waals surface area contributed by atoms with Gasteiger partial charge >= 0.3 is 0 Å². The summed E-state index contributed by atoms with van der Waals surface area (Å²) in [6.45, 7) is 10.9. The van der Waals surface area contributed by atoms with Crippen LogP contribution in [0.2, 0.25) is 0 Å². The van der Waals surface area contributed by atoms with E-state index in [0.29, 0.717) is 19.8 Å². The average Bonchev–Trinajstić information content (AvgIpc) is 3.33. The summed E-state index contributed by atoms with van der Waals surface area (Å²) in [6.07, 6.45) is 9.10. The largest absolute Gasteiger partial charge is 0.371 e. The molecule has 4 heteroatoms. The molecule has 0 aromatic heterocycles. The van der Waals surface area contributed by atoms with Gasteiger partial charge < -0.3 is 18.9 Å². The summed E-state index contributed by atoms with van der Waals surface area (Å²) in [6, 6.07) is 0. The highest BCUT2D eigenvalue weighted by atomic mass is 16.9. The molecule has 22 heavy (non-hydrogen) atoms. The van der Waals surface area contributed by atoms with Crippen LogP contribution in [0.5, 0.6) is 0 Å². The topological polar surface area (TPSA) is 40.2 Å². The van der Waals surface area contributed by atoms with Crippen LogP contribution in [-0.2, 0) is 18.9 Å². The Bertz CT molecular complexity index is 260. The van der Waals surface area contributed by atoms with E-state index in [0.717, 1.165) is 13.0 Å². The van der Waals surface area contributed by atoms with Crippen LogP contribution in [0.4, 0.5) is 0 Å². The second-order valence-electron chi connectivity index (χ2n) is 6.19. The first-order valence-electron chi connectivity index (χ1n) is 9.21. The fraction of sp³-hybridized carbons (Fsp3) is 1.00. The quantitative estimate of drug-likeness (QED) is 0.253. The number of ether oxygens (including phenoxy) is 4. The zero-order valence-electron chi connectivity index (χ0n) is 15.1. The highest BCUT2D eigenvalue weighted by molar-refractivity contribution is 4.73. The lowest BCUT2D eigenvalue weighted by atomic mass is 9.99. The summed E-state index contributed by atoms with van der Waals surface area (Å²) in [5.74, 6) is -0.684. The summed E-state index contributed by atoms with van der Waals surface area (Å²) in [7, 11) is 0. The molecule has 1 aliphatic rings. The van der Waals surface area contributed by atoms with Crippen molar-refractivity contribution in [1.82, 2.24) is 0 Å². The second-order valence-corrected chi connectivity index (χ2v) is 6.19. The fourth-order valence-corrected chi connectivity index (χ4v) is 2.74. The van der Waals surface area contributed by atoms with E-state index in [1.54, 1.807) is 0 Å². The van der Waals surface area contributed by atoms with E-state index in [4.69, 9.17) is 18.9 Å². The van der Waals surface area contributed by atoms with Gasteiger partial charge in [-0.05, 0) is 20.3 Å². The Kier molecular flexibility index (Phi) is 10.3. The number of epoxide rings is 1. The van der Waals surface area contributed by atoms with Crippen molar-refractivity contribution >= 4 is 0 Å². The first-order valence-corrected chi connectivity index (χ1v) is 9.21. The molecule has 0 bridgehead atoms. The van der Waals surface area contributed by atoms with E-state index in [9.17, 15) is 0 Å². The van der Waals surface area contributed by atoms with Crippen LogP contribution in [-0.4, -0.2) is 38.5 Å². The van der Waals surface area contributed by atoms with Crippen molar-refractivity contribution in [2.45, 2.75) is 84.7 Å². The van der Waals surface area contributed by atoms with Crippen LogP contribution in [0, 0.1) is 5.92 Å². The SMILES string of the molecule is CCCCCCCCC(C)C(OCC)(OCC)OCC1CO1. The molecule has 0 saturated carbocycles. The Balaban J connectivity index is 2.40. The Hall–Kier alpha value is -0.160. The summed E-state index contributed by atoms with van der Waals surface area (Å²) in [4.78, 5) is 0. The minimum absolute atomic E-state index is 0.220. The molecule has 1 heterocycles. The van der Waals surface area contributed by atoms with Gasteiger partial charge in [0.2, 0.25) is 0 Å². The molecular formula is C18H36O4. The van der Waals surface area contributed by atoms with Gasteiger partial charge in [0, 0.05) is 19.1 Å². The summed E-state index contributed by atoms with van der Waals surface area (Å²) in [5, 5.41) is 0.